The van der Waals surface area contributed by atoms with Crippen molar-refractivity contribution in [3.05, 3.63) is 29.8 Å². The van der Waals surface area contributed by atoms with Crippen LogP contribution >= 0.6 is 0 Å². The molecule has 0 amide bonds. The van der Waals surface area contributed by atoms with E-state index in [1.54, 1.807) is 38.1 Å². The molecular formula is C14H14O5Se. The van der Waals surface area contributed by atoms with Crippen molar-refractivity contribution in [2.24, 2.45) is 0 Å². The summed E-state index contributed by atoms with van der Waals surface area (Å²) in [5.41, 5.74) is 0.411. The van der Waals surface area contributed by atoms with Crippen molar-refractivity contribution in [2.45, 2.75) is 18.2 Å². The van der Waals surface area contributed by atoms with Crippen LogP contribution in [0.2, 0.25) is 4.31 Å². The van der Waals surface area contributed by atoms with Crippen molar-refractivity contribution < 1.29 is 23.9 Å². The van der Waals surface area contributed by atoms with E-state index in [4.69, 9.17) is 9.47 Å². The summed E-state index contributed by atoms with van der Waals surface area (Å²) in [6.45, 7) is 3.49. The molecule has 0 atom stereocenters. The van der Waals surface area contributed by atoms with Crippen LogP contribution in [0.4, 0.5) is 0 Å². The minimum absolute atomic E-state index is 0.111. The molecule has 0 aliphatic carbocycles. The van der Waals surface area contributed by atoms with E-state index in [1.807, 2.05) is 0 Å². The Morgan fingerprint density at radius 2 is 1.65 bits per heavy atom. The molecule has 0 saturated carbocycles. The second-order valence-corrected chi connectivity index (χ2v) is 6.69. The van der Waals surface area contributed by atoms with Crippen LogP contribution in [0.25, 0.3) is 0 Å². The van der Waals surface area contributed by atoms with Crippen LogP contribution < -0.4 is 4.46 Å². The summed E-state index contributed by atoms with van der Waals surface area (Å²) in [6, 6.07) is 6.87. The number of benzene rings is 1. The summed E-state index contributed by atoms with van der Waals surface area (Å²) in [6.07, 6.45) is 0. The van der Waals surface area contributed by atoms with Crippen LogP contribution in [-0.2, 0) is 19.1 Å². The van der Waals surface area contributed by atoms with Crippen molar-refractivity contribution in [3.63, 3.8) is 0 Å². The molecule has 6 heteroatoms. The molecule has 0 aromatic heterocycles. The van der Waals surface area contributed by atoms with E-state index in [1.165, 1.54) is 0 Å². The van der Waals surface area contributed by atoms with Gasteiger partial charge in [0.1, 0.15) is 0 Å². The van der Waals surface area contributed by atoms with Crippen LogP contribution in [0.3, 0.4) is 0 Å². The molecule has 106 valence electrons. The quantitative estimate of drug-likeness (QED) is 0.453. The molecule has 1 aliphatic heterocycles. The van der Waals surface area contributed by atoms with Gasteiger partial charge in [-0.1, -0.05) is 0 Å². The molecule has 0 bridgehead atoms. The van der Waals surface area contributed by atoms with Crippen LogP contribution in [0.15, 0.2) is 24.3 Å². The van der Waals surface area contributed by atoms with Gasteiger partial charge >= 0.3 is 122 Å². The maximum atomic E-state index is 12.6. The maximum absolute atomic E-state index is 12.6. The number of carbonyl (C=O) groups excluding carboxylic acids is 3. The zero-order chi connectivity index (χ0) is 14.8. The number of ketones is 1. The van der Waals surface area contributed by atoms with E-state index >= 15 is 0 Å². The second kappa shape index (κ2) is 5.77. The van der Waals surface area contributed by atoms with Gasteiger partial charge in [0.2, 0.25) is 0 Å². The Bertz CT molecular complexity index is 548. The van der Waals surface area contributed by atoms with Crippen LogP contribution in [0, 0.1) is 0 Å². The Morgan fingerprint density at radius 1 is 1.10 bits per heavy atom. The van der Waals surface area contributed by atoms with Crippen molar-refractivity contribution in [1.29, 1.82) is 0 Å². The molecule has 1 heterocycles. The van der Waals surface area contributed by atoms with Gasteiger partial charge in [-0.25, -0.2) is 0 Å². The standard InChI is InChI=1S/C14H14O5Se/c1-3-18-12(16)14(13(17)19-4-2)11(15)9-7-5-6-8-10(9)20-14/h5-8H,3-4H2,1-2H3. The Kier molecular flexibility index (Phi) is 4.26. The van der Waals surface area contributed by atoms with E-state index in [-0.39, 0.29) is 13.2 Å². The third-order valence-electron chi connectivity index (χ3n) is 2.84. The van der Waals surface area contributed by atoms with Gasteiger partial charge in [0.05, 0.1) is 0 Å². The van der Waals surface area contributed by atoms with Crippen LogP contribution in [0.5, 0.6) is 0 Å². The van der Waals surface area contributed by atoms with Crippen molar-refractivity contribution >= 4 is 37.1 Å². The van der Waals surface area contributed by atoms with E-state index < -0.39 is 37.0 Å². The Labute approximate surface area is 122 Å². The molecule has 0 fully saturated rings. The average molecular weight is 341 g/mol. The van der Waals surface area contributed by atoms with Crippen LogP contribution in [0.1, 0.15) is 24.2 Å². The number of rotatable bonds is 4. The van der Waals surface area contributed by atoms with E-state index in [0.717, 1.165) is 4.46 Å². The first-order chi connectivity index (χ1) is 9.57. The fourth-order valence-corrected chi connectivity index (χ4v) is 4.55. The zero-order valence-electron chi connectivity index (χ0n) is 11.2. The van der Waals surface area contributed by atoms with Gasteiger partial charge in [-0.2, -0.15) is 0 Å². The zero-order valence-corrected chi connectivity index (χ0v) is 12.9. The fourth-order valence-electron chi connectivity index (χ4n) is 1.96. The van der Waals surface area contributed by atoms with Gasteiger partial charge < -0.3 is 0 Å². The predicted octanol–water partition coefficient (Wildman–Crippen LogP) is 0.497. The fraction of sp³-hybridized carbons (Fsp3) is 0.357. The third-order valence-corrected chi connectivity index (χ3v) is 5.78. The predicted molar refractivity (Wildman–Crippen MR) is 72.1 cm³/mol. The number of carbonyl (C=O) groups is 3. The van der Waals surface area contributed by atoms with Gasteiger partial charge in [-0.15, -0.1) is 0 Å². The number of Topliss-reactive ketones (excluding diaryl/α,β-unsaturated/α-hetero) is 1. The van der Waals surface area contributed by atoms with Crippen molar-refractivity contribution in [1.82, 2.24) is 0 Å². The normalized spacial score (nSPS) is 15.6. The van der Waals surface area contributed by atoms with Gasteiger partial charge in [0.15, 0.2) is 0 Å². The molecule has 0 spiro atoms. The first kappa shape index (κ1) is 14.8. The van der Waals surface area contributed by atoms with Gasteiger partial charge in [0, 0.05) is 0 Å². The molecule has 0 radical (unpaired) electrons. The number of hydrogen-bond donors (Lipinski definition) is 0. The molecule has 0 saturated heterocycles. The molecular weight excluding hydrogens is 327 g/mol. The average Bonchev–Trinajstić information content (AvgIpc) is 2.74. The second-order valence-electron chi connectivity index (χ2n) is 4.05. The number of ether oxygens (including phenoxy) is 2. The Balaban J connectivity index is 2.48. The first-order valence-electron chi connectivity index (χ1n) is 6.25. The SMILES string of the molecule is CCOC(=O)C1(C(=O)OCC)[Se]c2ccccc2C1=O. The summed E-state index contributed by atoms with van der Waals surface area (Å²) in [5, 5.41) is 0. The van der Waals surface area contributed by atoms with E-state index in [2.05, 4.69) is 0 Å². The minimum atomic E-state index is -1.82. The molecule has 0 N–H and O–H groups in total. The third kappa shape index (κ3) is 2.15. The van der Waals surface area contributed by atoms with Crippen LogP contribution in [-0.4, -0.2) is 45.9 Å². The molecule has 5 nitrogen and oxygen atoms in total. The molecule has 1 aromatic carbocycles. The molecule has 1 aliphatic rings. The number of esters is 2. The Hall–Kier alpha value is -1.65. The van der Waals surface area contributed by atoms with Gasteiger partial charge in [-0.3, -0.25) is 0 Å². The monoisotopic (exact) mass is 342 g/mol. The Morgan fingerprint density at radius 3 is 2.15 bits per heavy atom. The summed E-state index contributed by atoms with van der Waals surface area (Å²) in [5.74, 6) is -2.12. The van der Waals surface area contributed by atoms with E-state index in [0.29, 0.717) is 5.56 Å². The molecule has 20 heavy (non-hydrogen) atoms. The van der Waals surface area contributed by atoms with Gasteiger partial charge in [0.25, 0.3) is 0 Å². The molecule has 0 unspecified atom stereocenters. The van der Waals surface area contributed by atoms with Gasteiger partial charge in [-0.05, 0) is 0 Å². The molecule has 2 rings (SSSR count). The summed E-state index contributed by atoms with van der Waals surface area (Å²) < 4.78 is 8.82. The van der Waals surface area contributed by atoms with Crippen molar-refractivity contribution in [3.8, 4) is 0 Å². The topological polar surface area (TPSA) is 69.7 Å². The van der Waals surface area contributed by atoms with E-state index in [9.17, 15) is 14.4 Å². The summed E-state index contributed by atoms with van der Waals surface area (Å²) in [7, 11) is 0. The number of hydrogen-bond acceptors (Lipinski definition) is 5. The van der Waals surface area contributed by atoms with Crippen molar-refractivity contribution in [2.75, 3.05) is 13.2 Å². The number of fused-ring (bicyclic) bond motifs is 1. The molecule has 1 aromatic rings. The summed E-state index contributed by atoms with van der Waals surface area (Å²) in [4.78, 5) is 37.0. The summed E-state index contributed by atoms with van der Waals surface area (Å²) >= 11 is -0.667. The first-order valence-corrected chi connectivity index (χ1v) is 7.96.